The van der Waals surface area contributed by atoms with Crippen LogP contribution in [-0.2, 0) is 23.2 Å². The first kappa shape index (κ1) is 15.9. The maximum Gasteiger partial charge on any atom is 0.309 e. The van der Waals surface area contributed by atoms with E-state index in [-0.39, 0.29) is 12.3 Å². The van der Waals surface area contributed by atoms with Gasteiger partial charge in [0.1, 0.15) is 11.6 Å². The van der Waals surface area contributed by atoms with Gasteiger partial charge in [0.15, 0.2) is 0 Å². The van der Waals surface area contributed by atoms with Gasteiger partial charge in [-0.1, -0.05) is 0 Å². The number of likely N-dealkylation sites (tertiary alicyclic amines) is 2. The van der Waals surface area contributed by atoms with Gasteiger partial charge >= 0.3 is 5.97 Å². The molecule has 1 N–H and O–H groups in total. The summed E-state index contributed by atoms with van der Waals surface area (Å²) in [6.07, 6.45) is 1.49. The summed E-state index contributed by atoms with van der Waals surface area (Å²) in [5.41, 5.74) is -0.533. The van der Waals surface area contributed by atoms with Crippen molar-refractivity contribution >= 4 is 11.9 Å². The Labute approximate surface area is 135 Å². The molecule has 0 aromatic carbocycles. The van der Waals surface area contributed by atoms with Gasteiger partial charge in [-0.25, -0.2) is 4.98 Å². The lowest BCUT2D eigenvalue weighted by Gasteiger charge is -2.45. The molecule has 2 aliphatic rings. The van der Waals surface area contributed by atoms with E-state index >= 15 is 0 Å². The number of carbonyl (C=O) groups excluding carboxylic acids is 1. The number of carbonyl (C=O) groups is 2. The van der Waals surface area contributed by atoms with Gasteiger partial charge in [-0.2, -0.15) is 5.10 Å². The number of nitrogens with zero attached hydrogens (tertiary/aromatic N) is 5. The van der Waals surface area contributed by atoms with Crippen LogP contribution in [0, 0.1) is 12.8 Å². The van der Waals surface area contributed by atoms with Crippen LogP contribution < -0.4 is 0 Å². The van der Waals surface area contributed by atoms with E-state index in [0.717, 1.165) is 24.7 Å². The SMILES string of the molecule is Cc1nc(CN2CCC3(CC2)[C@H](C(=O)O)CC(=O)N3C)n(C)n1. The van der Waals surface area contributed by atoms with E-state index in [1.54, 1.807) is 16.6 Å². The molecule has 23 heavy (non-hydrogen) atoms. The number of rotatable bonds is 3. The van der Waals surface area contributed by atoms with E-state index in [2.05, 4.69) is 15.0 Å². The molecule has 1 aromatic rings. The zero-order valence-electron chi connectivity index (χ0n) is 13.8. The van der Waals surface area contributed by atoms with E-state index < -0.39 is 17.4 Å². The molecule has 1 atom stereocenters. The Bertz CT molecular complexity index is 633. The number of carboxylic acids is 1. The summed E-state index contributed by atoms with van der Waals surface area (Å²) < 4.78 is 1.78. The second kappa shape index (κ2) is 5.59. The number of aromatic nitrogens is 3. The summed E-state index contributed by atoms with van der Waals surface area (Å²) in [5, 5.41) is 13.7. The minimum absolute atomic E-state index is 0.0604. The van der Waals surface area contributed by atoms with Crippen molar-refractivity contribution in [3.8, 4) is 0 Å². The quantitative estimate of drug-likeness (QED) is 0.844. The summed E-state index contributed by atoms with van der Waals surface area (Å²) in [5.74, 6) is 0.140. The second-order valence-electron chi connectivity index (χ2n) is 6.63. The number of amides is 1. The van der Waals surface area contributed by atoms with Crippen LogP contribution in [0.15, 0.2) is 0 Å². The third kappa shape index (κ3) is 2.60. The highest BCUT2D eigenvalue weighted by Gasteiger charge is 2.55. The number of piperidine rings is 1. The van der Waals surface area contributed by atoms with Crippen LogP contribution in [0.3, 0.4) is 0 Å². The highest BCUT2D eigenvalue weighted by atomic mass is 16.4. The lowest BCUT2D eigenvalue weighted by molar-refractivity contribution is -0.146. The van der Waals surface area contributed by atoms with Crippen molar-refractivity contribution in [3.05, 3.63) is 11.6 Å². The topological polar surface area (TPSA) is 91.6 Å². The van der Waals surface area contributed by atoms with Gasteiger partial charge in [0, 0.05) is 33.6 Å². The van der Waals surface area contributed by atoms with Crippen LogP contribution in [-0.4, -0.2) is 67.2 Å². The first-order chi connectivity index (χ1) is 10.8. The van der Waals surface area contributed by atoms with E-state index in [4.69, 9.17) is 0 Å². The lowest BCUT2D eigenvalue weighted by atomic mass is 9.77. The van der Waals surface area contributed by atoms with Crippen LogP contribution in [0.25, 0.3) is 0 Å². The third-order valence-corrected chi connectivity index (χ3v) is 5.41. The normalized spacial score (nSPS) is 24.6. The molecule has 2 aliphatic heterocycles. The molecule has 0 saturated carbocycles. The molecule has 126 valence electrons. The average Bonchev–Trinajstić information content (AvgIpc) is 2.93. The zero-order valence-corrected chi connectivity index (χ0v) is 13.8. The maximum absolute atomic E-state index is 12.0. The summed E-state index contributed by atoms with van der Waals surface area (Å²) >= 11 is 0. The summed E-state index contributed by atoms with van der Waals surface area (Å²) in [7, 11) is 3.62. The molecule has 1 spiro atoms. The molecule has 0 radical (unpaired) electrons. The number of aryl methyl sites for hydroxylation is 2. The number of hydrogen-bond acceptors (Lipinski definition) is 5. The predicted molar refractivity (Wildman–Crippen MR) is 81.5 cm³/mol. The Hall–Kier alpha value is -1.96. The van der Waals surface area contributed by atoms with Gasteiger partial charge in [-0.3, -0.25) is 19.2 Å². The van der Waals surface area contributed by atoms with E-state index in [0.29, 0.717) is 19.4 Å². The maximum atomic E-state index is 12.0. The molecule has 3 rings (SSSR count). The molecular weight excluding hydrogens is 298 g/mol. The minimum Gasteiger partial charge on any atom is -0.481 e. The molecule has 2 saturated heterocycles. The van der Waals surface area contributed by atoms with Gasteiger partial charge < -0.3 is 10.0 Å². The Kier molecular flexibility index (Phi) is 3.87. The fourth-order valence-corrected chi connectivity index (χ4v) is 3.98. The highest BCUT2D eigenvalue weighted by molar-refractivity contribution is 5.88. The molecule has 1 amide bonds. The second-order valence-corrected chi connectivity index (χ2v) is 6.63. The van der Waals surface area contributed by atoms with Gasteiger partial charge in [0.25, 0.3) is 0 Å². The minimum atomic E-state index is -0.861. The number of carboxylic acid groups (broad SMARTS) is 1. The van der Waals surface area contributed by atoms with Crippen LogP contribution in [0.4, 0.5) is 0 Å². The van der Waals surface area contributed by atoms with Crippen LogP contribution >= 0.6 is 0 Å². The largest absolute Gasteiger partial charge is 0.481 e. The summed E-state index contributed by atoms with van der Waals surface area (Å²) in [6.45, 7) is 4.08. The summed E-state index contributed by atoms with van der Waals surface area (Å²) in [6, 6.07) is 0. The highest BCUT2D eigenvalue weighted by Crippen LogP contribution is 2.42. The van der Waals surface area contributed by atoms with Crippen molar-refractivity contribution in [2.24, 2.45) is 13.0 Å². The van der Waals surface area contributed by atoms with E-state index in [9.17, 15) is 14.7 Å². The van der Waals surface area contributed by atoms with E-state index in [1.807, 2.05) is 14.0 Å². The Morgan fingerprint density at radius 2 is 2.00 bits per heavy atom. The zero-order chi connectivity index (χ0) is 16.8. The van der Waals surface area contributed by atoms with Crippen molar-refractivity contribution in [3.63, 3.8) is 0 Å². The molecular formula is C15H23N5O3. The van der Waals surface area contributed by atoms with Gasteiger partial charge in [-0.05, 0) is 19.8 Å². The first-order valence-corrected chi connectivity index (χ1v) is 7.92. The van der Waals surface area contributed by atoms with Crippen molar-refractivity contribution in [2.45, 2.75) is 38.3 Å². The van der Waals surface area contributed by atoms with Gasteiger partial charge in [0.2, 0.25) is 5.91 Å². The lowest BCUT2D eigenvalue weighted by Crippen LogP contribution is -2.56. The monoisotopic (exact) mass is 321 g/mol. The number of aliphatic carboxylic acids is 1. The Balaban J connectivity index is 1.71. The van der Waals surface area contributed by atoms with Gasteiger partial charge in [-0.15, -0.1) is 0 Å². The molecule has 0 bridgehead atoms. The fraction of sp³-hybridized carbons (Fsp3) is 0.733. The molecule has 0 aliphatic carbocycles. The van der Waals surface area contributed by atoms with Crippen molar-refractivity contribution in [2.75, 3.05) is 20.1 Å². The molecule has 2 fully saturated rings. The average molecular weight is 321 g/mol. The molecule has 8 nitrogen and oxygen atoms in total. The van der Waals surface area contributed by atoms with Gasteiger partial charge in [0.05, 0.1) is 18.0 Å². The molecule has 1 aromatic heterocycles. The number of hydrogen-bond donors (Lipinski definition) is 1. The van der Waals surface area contributed by atoms with Crippen LogP contribution in [0.5, 0.6) is 0 Å². The van der Waals surface area contributed by atoms with Crippen molar-refractivity contribution < 1.29 is 14.7 Å². The summed E-state index contributed by atoms with van der Waals surface area (Å²) in [4.78, 5) is 31.9. The Morgan fingerprint density at radius 1 is 1.35 bits per heavy atom. The predicted octanol–water partition coefficient (Wildman–Crippen LogP) is 0.0210. The fourth-order valence-electron chi connectivity index (χ4n) is 3.98. The van der Waals surface area contributed by atoms with E-state index in [1.165, 1.54) is 0 Å². The molecule has 0 unspecified atom stereocenters. The molecule has 3 heterocycles. The van der Waals surface area contributed by atoms with Crippen molar-refractivity contribution in [1.82, 2.24) is 24.6 Å². The first-order valence-electron chi connectivity index (χ1n) is 7.92. The third-order valence-electron chi connectivity index (χ3n) is 5.41. The Morgan fingerprint density at radius 3 is 2.52 bits per heavy atom. The van der Waals surface area contributed by atoms with Crippen molar-refractivity contribution in [1.29, 1.82) is 0 Å². The smallest absolute Gasteiger partial charge is 0.309 e. The molecule has 8 heteroatoms. The van der Waals surface area contributed by atoms with Crippen LogP contribution in [0.2, 0.25) is 0 Å². The van der Waals surface area contributed by atoms with Crippen LogP contribution in [0.1, 0.15) is 30.9 Å². The standard InChI is InChI=1S/C15H23N5O3/c1-10-16-12(19(3)17-10)9-20-6-4-15(5-7-20)11(14(22)23)8-13(21)18(15)2/h11H,4-9H2,1-3H3,(H,22,23)/t11-/m0/s1.